The summed E-state index contributed by atoms with van der Waals surface area (Å²) in [5.41, 5.74) is 2.38. The molecule has 2 aromatic heterocycles. The first-order valence-electron chi connectivity index (χ1n) is 6.98. The normalized spacial score (nSPS) is 10.6. The molecule has 0 saturated heterocycles. The Bertz CT molecular complexity index is 759. The fraction of sp³-hybridized carbons (Fsp3) is 0.188. The first kappa shape index (κ1) is 14.5. The molecular formula is C16H15ClN4O. The minimum Gasteiger partial charge on any atom is -0.476 e. The van der Waals surface area contributed by atoms with Crippen molar-refractivity contribution in [2.24, 2.45) is 0 Å². The molecule has 1 aromatic carbocycles. The summed E-state index contributed by atoms with van der Waals surface area (Å²) in [6, 6.07) is 9.38. The van der Waals surface area contributed by atoms with Crippen molar-refractivity contribution in [1.82, 2.24) is 19.7 Å². The SMILES string of the molecule is CCOc1ncc(Cn2cccn2)nc1-c1cccc(Cl)c1. The van der Waals surface area contributed by atoms with Gasteiger partial charge >= 0.3 is 0 Å². The van der Waals surface area contributed by atoms with E-state index in [1.807, 2.05) is 43.5 Å². The maximum absolute atomic E-state index is 6.08. The van der Waals surface area contributed by atoms with Gasteiger partial charge in [0.25, 0.3) is 0 Å². The van der Waals surface area contributed by atoms with Crippen molar-refractivity contribution in [3.63, 3.8) is 0 Å². The lowest BCUT2D eigenvalue weighted by Crippen LogP contribution is -2.06. The first-order valence-corrected chi connectivity index (χ1v) is 7.36. The Balaban J connectivity index is 2.00. The summed E-state index contributed by atoms with van der Waals surface area (Å²) in [5.74, 6) is 0.508. The van der Waals surface area contributed by atoms with Crippen LogP contribution in [-0.2, 0) is 6.54 Å². The molecule has 2 heterocycles. The summed E-state index contributed by atoms with van der Waals surface area (Å²) in [4.78, 5) is 9.06. The number of hydrogen-bond donors (Lipinski definition) is 0. The van der Waals surface area contributed by atoms with Crippen LogP contribution in [0.2, 0.25) is 5.02 Å². The van der Waals surface area contributed by atoms with Gasteiger partial charge in [0.05, 0.1) is 25.0 Å². The molecular weight excluding hydrogens is 300 g/mol. The highest BCUT2D eigenvalue weighted by atomic mass is 35.5. The van der Waals surface area contributed by atoms with Crippen molar-refractivity contribution in [2.45, 2.75) is 13.5 Å². The van der Waals surface area contributed by atoms with Gasteiger partial charge in [-0.2, -0.15) is 5.10 Å². The van der Waals surface area contributed by atoms with Gasteiger partial charge < -0.3 is 4.74 Å². The summed E-state index contributed by atoms with van der Waals surface area (Å²) in [5, 5.41) is 4.84. The zero-order chi connectivity index (χ0) is 15.4. The number of rotatable bonds is 5. The first-order chi connectivity index (χ1) is 10.8. The van der Waals surface area contributed by atoms with E-state index in [2.05, 4.69) is 15.1 Å². The van der Waals surface area contributed by atoms with E-state index < -0.39 is 0 Å². The molecule has 0 spiro atoms. The molecule has 0 N–H and O–H groups in total. The summed E-state index contributed by atoms with van der Waals surface area (Å²) in [6.45, 7) is 3.00. The zero-order valence-corrected chi connectivity index (χ0v) is 12.9. The Labute approximate surface area is 133 Å². The van der Waals surface area contributed by atoms with Gasteiger partial charge in [-0.05, 0) is 25.1 Å². The molecule has 3 rings (SSSR count). The Morgan fingerprint density at radius 3 is 2.91 bits per heavy atom. The van der Waals surface area contributed by atoms with Crippen LogP contribution in [-0.4, -0.2) is 26.4 Å². The van der Waals surface area contributed by atoms with Crippen LogP contribution < -0.4 is 4.74 Å². The molecule has 112 valence electrons. The number of nitrogens with zero attached hydrogens (tertiary/aromatic N) is 4. The lowest BCUT2D eigenvalue weighted by Gasteiger charge is -2.10. The number of halogens is 1. The van der Waals surface area contributed by atoms with Crippen LogP contribution in [0.15, 0.2) is 48.9 Å². The van der Waals surface area contributed by atoms with Crippen LogP contribution in [0.4, 0.5) is 0 Å². The predicted octanol–water partition coefficient (Wildman–Crippen LogP) is 3.44. The minimum atomic E-state index is 0.508. The monoisotopic (exact) mass is 314 g/mol. The fourth-order valence-electron chi connectivity index (χ4n) is 2.12. The van der Waals surface area contributed by atoms with E-state index in [0.29, 0.717) is 29.7 Å². The van der Waals surface area contributed by atoms with Crippen molar-refractivity contribution in [3.8, 4) is 17.1 Å². The van der Waals surface area contributed by atoms with Crippen molar-refractivity contribution < 1.29 is 4.74 Å². The van der Waals surface area contributed by atoms with Crippen LogP contribution >= 0.6 is 11.6 Å². The summed E-state index contributed by atoms with van der Waals surface area (Å²) >= 11 is 6.08. The lowest BCUT2D eigenvalue weighted by atomic mass is 10.1. The van der Waals surface area contributed by atoms with Gasteiger partial charge in [-0.1, -0.05) is 23.7 Å². The summed E-state index contributed by atoms with van der Waals surface area (Å²) in [6.07, 6.45) is 5.33. The average Bonchev–Trinajstić information content (AvgIpc) is 3.02. The standard InChI is InChI=1S/C16H15ClN4O/c1-2-22-16-15(12-5-3-6-13(17)9-12)20-14(10-18-16)11-21-8-4-7-19-21/h3-10H,2,11H2,1H3. The minimum absolute atomic E-state index is 0.508. The van der Waals surface area contributed by atoms with Gasteiger partial charge in [0.2, 0.25) is 5.88 Å². The number of aromatic nitrogens is 4. The highest BCUT2D eigenvalue weighted by molar-refractivity contribution is 6.30. The molecule has 0 saturated carbocycles. The highest BCUT2D eigenvalue weighted by Crippen LogP contribution is 2.28. The molecule has 0 amide bonds. The summed E-state index contributed by atoms with van der Waals surface area (Å²) < 4.78 is 7.38. The van der Waals surface area contributed by atoms with Gasteiger partial charge in [0.15, 0.2) is 0 Å². The molecule has 5 nitrogen and oxygen atoms in total. The molecule has 0 radical (unpaired) electrons. The fourth-order valence-corrected chi connectivity index (χ4v) is 2.31. The second-order valence-corrected chi connectivity index (χ2v) is 5.10. The Hall–Kier alpha value is -2.40. The van der Waals surface area contributed by atoms with Gasteiger partial charge in [-0.25, -0.2) is 9.97 Å². The third-order valence-electron chi connectivity index (χ3n) is 3.05. The van der Waals surface area contributed by atoms with Gasteiger partial charge in [-0.15, -0.1) is 0 Å². The molecule has 0 aliphatic carbocycles. The van der Waals surface area contributed by atoms with Crippen LogP contribution in [0.25, 0.3) is 11.3 Å². The molecule has 6 heteroatoms. The third-order valence-corrected chi connectivity index (χ3v) is 3.29. The van der Waals surface area contributed by atoms with Crippen molar-refractivity contribution >= 4 is 11.6 Å². The smallest absolute Gasteiger partial charge is 0.240 e. The summed E-state index contributed by atoms with van der Waals surface area (Å²) in [7, 11) is 0. The molecule has 0 atom stereocenters. The number of hydrogen-bond acceptors (Lipinski definition) is 4. The van der Waals surface area contributed by atoms with Crippen LogP contribution in [0.3, 0.4) is 0 Å². The van der Waals surface area contributed by atoms with Crippen molar-refractivity contribution in [3.05, 3.63) is 59.6 Å². The molecule has 0 aliphatic heterocycles. The molecule has 3 aromatic rings. The van der Waals surface area contributed by atoms with E-state index in [4.69, 9.17) is 16.3 Å². The predicted molar refractivity (Wildman–Crippen MR) is 85.0 cm³/mol. The average molecular weight is 315 g/mol. The van der Waals surface area contributed by atoms with Crippen molar-refractivity contribution in [1.29, 1.82) is 0 Å². The van der Waals surface area contributed by atoms with Gasteiger partial charge in [-0.3, -0.25) is 4.68 Å². The molecule has 0 unspecified atom stereocenters. The zero-order valence-electron chi connectivity index (χ0n) is 12.1. The second kappa shape index (κ2) is 6.58. The quantitative estimate of drug-likeness (QED) is 0.724. The topological polar surface area (TPSA) is 52.8 Å². The van der Waals surface area contributed by atoms with Crippen LogP contribution in [0.5, 0.6) is 5.88 Å². The molecule has 0 bridgehead atoms. The molecule has 0 fully saturated rings. The number of benzene rings is 1. The van der Waals surface area contributed by atoms with E-state index in [0.717, 1.165) is 11.3 Å². The highest BCUT2D eigenvalue weighted by Gasteiger charge is 2.12. The molecule has 22 heavy (non-hydrogen) atoms. The largest absolute Gasteiger partial charge is 0.476 e. The van der Waals surface area contributed by atoms with Crippen molar-refractivity contribution in [2.75, 3.05) is 6.61 Å². The van der Waals surface area contributed by atoms with E-state index in [9.17, 15) is 0 Å². The van der Waals surface area contributed by atoms with E-state index in [1.165, 1.54) is 0 Å². The van der Waals surface area contributed by atoms with E-state index in [1.54, 1.807) is 17.1 Å². The third kappa shape index (κ3) is 3.26. The van der Waals surface area contributed by atoms with E-state index >= 15 is 0 Å². The second-order valence-electron chi connectivity index (χ2n) is 4.66. The maximum atomic E-state index is 6.08. The van der Waals surface area contributed by atoms with Crippen LogP contribution in [0, 0.1) is 0 Å². The van der Waals surface area contributed by atoms with Gasteiger partial charge in [0, 0.05) is 23.0 Å². The lowest BCUT2D eigenvalue weighted by molar-refractivity contribution is 0.326. The Kier molecular flexibility index (Phi) is 4.34. The van der Waals surface area contributed by atoms with Gasteiger partial charge in [0.1, 0.15) is 5.69 Å². The van der Waals surface area contributed by atoms with Crippen LogP contribution in [0.1, 0.15) is 12.6 Å². The Morgan fingerprint density at radius 2 is 2.18 bits per heavy atom. The van der Waals surface area contributed by atoms with E-state index in [-0.39, 0.29) is 0 Å². The molecule has 0 aliphatic rings. The number of ether oxygens (including phenoxy) is 1. The Morgan fingerprint density at radius 1 is 1.27 bits per heavy atom. The maximum Gasteiger partial charge on any atom is 0.240 e.